The maximum absolute atomic E-state index is 13.6. The minimum Gasteiger partial charge on any atom is -0.497 e. The van der Waals surface area contributed by atoms with E-state index in [2.05, 4.69) is 41.5 Å². The zero-order valence-electron chi connectivity index (χ0n) is 31.9. The number of amides is 4. The molecule has 0 unspecified atom stereocenters. The summed E-state index contributed by atoms with van der Waals surface area (Å²) in [7, 11) is 1.53. The molecule has 2 aromatic heterocycles. The summed E-state index contributed by atoms with van der Waals surface area (Å²) in [5, 5.41) is 25.2. The van der Waals surface area contributed by atoms with Crippen molar-refractivity contribution in [1.29, 1.82) is 0 Å². The molecule has 1 aliphatic rings. The average Bonchev–Trinajstić information content (AvgIpc) is 3.79. The van der Waals surface area contributed by atoms with Crippen molar-refractivity contribution in [3.8, 4) is 5.75 Å². The summed E-state index contributed by atoms with van der Waals surface area (Å²) in [5.74, 6) is -3.58. The molecule has 1 saturated carbocycles. The van der Waals surface area contributed by atoms with E-state index < -0.39 is 54.3 Å². The van der Waals surface area contributed by atoms with Crippen LogP contribution in [0.2, 0.25) is 0 Å². The molecule has 0 aliphatic heterocycles. The number of carbonyl (C=O) groups excluding carboxylic acids is 4. The van der Waals surface area contributed by atoms with Crippen LogP contribution >= 0.6 is 0 Å². The molecule has 4 atom stereocenters. The lowest BCUT2D eigenvalue weighted by molar-refractivity contribution is -0.209. The highest BCUT2D eigenvalue weighted by molar-refractivity contribution is 5.94. The molecular formula is C40H42F3N9O7. The predicted molar refractivity (Wildman–Crippen MR) is 209 cm³/mol. The molecule has 16 nitrogen and oxygen atoms in total. The number of anilines is 2. The van der Waals surface area contributed by atoms with Gasteiger partial charge in [-0.2, -0.15) is 13.2 Å². The fourth-order valence-electron chi connectivity index (χ4n) is 6.72. The molecule has 1 aliphatic carbocycles. The molecule has 0 saturated heterocycles. The number of methoxy groups -OCH3 is 1. The number of alkyl halides is 3. The lowest BCUT2D eigenvalue weighted by Gasteiger charge is -2.24. The molecule has 19 heteroatoms. The summed E-state index contributed by atoms with van der Waals surface area (Å²) in [6.45, 7) is 1.79. The number of aromatic nitrogens is 4. The van der Waals surface area contributed by atoms with Gasteiger partial charge >= 0.3 is 18.2 Å². The predicted octanol–water partition coefficient (Wildman–Crippen LogP) is 4.31. The van der Waals surface area contributed by atoms with E-state index in [1.165, 1.54) is 24.9 Å². The number of halogens is 3. The quantitative estimate of drug-likeness (QED) is 0.0648. The van der Waals surface area contributed by atoms with Gasteiger partial charge in [-0.3, -0.25) is 9.59 Å². The first-order valence-corrected chi connectivity index (χ1v) is 18.7. The Hall–Kier alpha value is -6.76. The van der Waals surface area contributed by atoms with E-state index in [1.54, 1.807) is 24.3 Å². The van der Waals surface area contributed by atoms with Gasteiger partial charge in [-0.15, -0.1) is 0 Å². The van der Waals surface area contributed by atoms with Gasteiger partial charge in [0.05, 0.1) is 25.5 Å². The number of hydrogen-bond acceptors (Lipinski definition) is 11. The largest absolute Gasteiger partial charge is 0.497 e. The molecule has 0 radical (unpaired) electrons. The summed E-state index contributed by atoms with van der Waals surface area (Å²) < 4.78 is 51.1. The normalized spacial score (nSPS) is 17.6. The van der Waals surface area contributed by atoms with Gasteiger partial charge in [-0.25, -0.2) is 24.5 Å². The van der Waals surface area contributed by atoms with Gasteiger partial charge in [0.2, 0.25) is 11.7 Å². The number of fused-ring (bicyclic) bond motifs is 1. The first-order chi connectivity index (χ1) is 28.4. The second-order valence-corrected chi connectivity index (χ2v) is 13.5. The molecule has 2 heterocycles. The number of aliphatic hydroxyl groups is 1. The first kappa shape index (κ1) is 41.9. The molecule has 59 heavy (non-hydrogen) atoms. The number of rotatable bonds is 15. The zero-order chi connectivity index (χ0) is 42.1. The van der Waals surface area contributed by atoms with E-state index in [-0.39, 0.29) is 61.2 Å². The van der Waals surface area contributed by atoms with E-state index in [0.29, 0.717) is 11.4 Å². The molecule has 6 rings (SSSR count). The minimum absolute atomic E-state index is 0.0199. The second kappa shape index (κ2) is 18.7. The topological polar surface area (TPSA) is 211 Å². The number of hydrogen-bond donors (Lipinski definition) is 6. The maximum Gasteiger partial charge on any atom is 0.490 e. The SMILES string of the molecule is CCC(=O)N[C@H]1C[C@@H](n2cnc3c(NCC(c4ccccc4)c4ccccc4)nc(C(=O)NCCNC(=O)Nc4ccc(OC)cc4)nc32)[C@H](O)[C@@H]1OC(=O)C(F)(F)F. The van der Waals surface area contributed by atoms with Crippen LogP contribution in [0, 0.1) is 0 Å². The number of ether oxygens (including phenoxy) is 2. The number of urea groups is 1. The summed E-state index contributed by atoms with van der Waals surface area (Å²) in [4.78, 5) is 63.8. The number of benzene rings is 3. The van der Waals surface area contributed by atoms with Crippen molar-refractivity contribution in [2.24, 2.45) is 0 Å². The highest BCUT2D eigenvalue weighted by Gasteiger charge is 2.51. The van der Waals surface area contributed by atoms with Crippen molar-refractivity contribution in [2.75, 3.05) is 37.4 Å². The monoisotopic (exact) mass is 817 g/mol. The second-order valence-electron chi connectivity index (χ2n) is 13.5. The van der Waals surface area contributed by atoms with Crippen LogP contribution in [0.15, 0.2) is 91.3 Å². The van der Waals surface area contributed by atoms with Crippen molar-refractivity contribution in [3.05, 3.63) is 108 Å². The van der Waals surface area contributed by atoms with E-state index in [0.717, 1.165) is 11.1 Å². The standard InChI is InChI=1S/C40H42F3N9O7/c1-3-30(53)49-28-20-29(32(54)33(28)59-38(56)40(41,42)43)52-22-47-31-34(46-21-27(23-10-6-4-7-11-23)24-12-8-5-9-13-24)50-35(51-36(31)52)37(55)44-18-19-45-39(57)48-25-14-16-26(58-2)17-15-25/h4-17,22,27-29,32-33,54H,3,18-21H2,1-2H3,(H,44,55)(H,49,53)(H2,45,48,57)(H,46,50,51)/t28-,29+,32-,33+/m0/s1. The van der Waals surface area contributed by atoms with Crippen molar-refractivity contribution < 1.29 is 46.9 Å². The number of carbonyl (C=O) groups is 4. The van der Waals surface area contributed by atoms with Crippen molar-refractivity contribution in [2.45, 2.75) is 56.2 Å². The van der Waals surface area contributed by atoms with Gasteiger partial charge in [0.1, 0.15) is 17.4 Å². The maximum atomic E-state index is 13.6. The fourth-order valence-corrected chi connectivity index (χ4v) is 6.72. The number of nitrogens with zero attached hydrogens (tertiary/aromatic N) is 4. The average molecular weight is 818 g/mol. The number of aliphatic hydroxyl groups excluding tert-OH is 1. The summed E-state index contributed by atoms with van der Waals surface area (Å²) >= 11 is 0. The lowest BCUT2D eigenvalue weighted by atomic mass is 9.91. The van der Waals surface area contributed by atoms with Crippen molar-refractivity contribution in [1.82, 2.24) is 35.5 Å². The van der Waals surface area contributed by atoms with Gasteiger partial charge in [-0.1, -0.05) is 67.6 Å². The molecule has 3 aromatic carbocycles. The van der Waals surface area contributed by atoms with Crippen molar-refractivity contribution in [3.63, 3.8) is 0 Å². The summed E-state index contributed by atoms with van der Waals surface area (Å²) in [6.07, 6.45) is -7.83. The van der Waals surface area contributed by atoms with Gasteiger partial charge in [0, 0.05) is 37.7 Å². The minimum atomic E-state index is -5.36. The molecular weight excluding hydrogens is 775 g/mol. The Morgan fingerprint density at radius 2 is 1.56 bits per heavy atom. The lowest BCUT2D eigenvalue weighted by Crippen LogP contribution is -2.47. The van der Waals surface area contributed by atoms with Crippen molar-refractivity contribution >= 4 is 46.5 Å². The highest BCUT2D eigenvalue weighted by Crippen LogP contribution is 2.37. The van der Waals surface area contributed by atoms with Crippen LogP contribution in [0.4, 0.5) is 29.5 Å². The Kier molecular flexibility index (Phi) is 13.2. The number of esters is 1. The summed E-state index contributed by atoms with van der Waals surface area (Å²) in [6, 6.07) is 23.2. The van der Waals surface area contributed by atoms with Crippen LogP contribution in [0.1, 0.15) is 53.5 Å². The third-order valence-corrected chi connectivity index (χ3v) is 9.67. The Morgan fingerprint density at radius 3 is 2.17 bits per heavy atom. The van der Waals surface area contributed by atoms with Crippen LogP contribution < -0.4 is 31.3 Å². The van der Waals surface area contributed by atoms with E-state index in [4.69, 9.17) is 9.47 Å². The molecule has 1 fully saturated rings. The van der Waals surface area contributed by atoms with E-state index in [9.17, 15) is 37.5 Å². The smallest absolute Gasteiger partial charge is 0.490 e. The van der Waals surface area contributed by atoms with Gasteiger partial charge in [0.15, 0.2) is 17.6 Å². The third-order valence-electron chi connectivity index (χ3n) is 9.67. The van der Waals surface area contributed by atoms with Gasteiger partial charge < -0.3 is 45.7 Å². The highest BCUT2D eigenvalue weighted by atomic mass is 19.4. The van der Waals surface area contributed by atoms with Crippen LogP contribution in [-0.4, -0.2) is 99.6 Å². The van der Waals surface area contributed by atoms with E-state index in [1.807, 2.05) is 60.7 Å². The Balaban J connectivity index is 1.28. The van der Waals surface area contributed by atoms with Crippen LogP contribution in [0.5, 0.6) is 5.75 Å². The van der Waals surface area contributed by atoms with E-state index >= 15 is 0 Å². The Morgan fingerprint density at radius 1 is 0.915 bits per heavy atom. The van der Waals surface area contributed by atoms with Gasteiger partial charge in [0.25, 0.3) is 5.91 Å². The molecule has 6 N–H and O–H groups in total. The summed E-state index contributed by atoms with van der Waals surface area (Å²) in [5.41, 5.74) is 2.67. The third kappa shape index (κ3) is 10.2. The number of nitrogens with one attached hydrogen (secondary N) is 5. The molecule has 0 bridgehead atoms. The molecule has 4 amide bonds. The van der Waals surface area contributed by atoms with Crippen LogP contribution in [-0.2, 0) is 14.3 Å². The first-order valence-electron chi connectivity index (χ1n) is 18.7. The Labute approximate surface area is 335 Å². The fraction of sp³-hybridized carbons (Fsp3) is 0.325. The van der Waals surface area contributed by atoms with Crippen LogP contribution in [0.25, 0.3) is 11.2 Å². The number of imidazole rings is 1. The zero-order valence-corrected chi connectivity index (χ0v) is 31.9. The van der Waals surface area contributed by atoms with Crippen LogP contribution in [0.3, 0.4) is 0 Å². The molecule has 0 spiro atoms. The molecule has 5 aromatic rings. The Bertz CT molecular complexity index is 2200. The molecule has 310 valence electrons. The van der Waals surface area contributed by atoms with Gasteiger partial charge in [-0.05, 0) is 41.8 Å².